The number of alkyl halides is 3. The van der Waals surface area contributed by atoms with Crippen molar-refractivity contribution in [3.63, 3.8) is 0 Å². The van der Waals surface area contributed by atoms with Crippen LogP contribution in [0, 0.1) is 23.0 Å². The first-order valence-electron chi connectivity index (χ1n) is 9.72. The maximum absolute atomic E-state index is 13.9. The van der Waals surface area contributed by atoms with E-state index in [1.165, 1.54) is 6.07 Å². The number of carbonyl (C=O) groups is 2. The van der Waals surface area contributed by atoms with Crippen LogP contribution < -0.4 is 16.4 Å². The first-order chi connectivity index (χ1) is 16.4. The molecule has 178 valence electrons. The summed E-state index contributed by atoms with van der Waals surface area (Å²) in [6, 6.07) is 6.42. The van der Waals surface area contributed by atoms with Crippen LogP contribution in [0.3, 0.4) is 0 Å². The van der Waals surface area contributed by atoms with E-state index in [-0.39, 0.29) is 44.7 Å². The molecule has 1 aliphatic heterocycles. The molecule has 3 aromatic carbocycles. The highest BCUT2D eigenvalue weighted by Crippen LogP contribution is 2.42. The number of anilines is 2. The van der Waals surface area contributed by atoms with Crippen molar-refractivity contribution in [2.75, 3.05) is 11.1 Å². The van der Waals surface area contributed by atoms with Gasteiger partial charge in [0.25, 0.3) is 11.8 Å². The molecule has 1 aliphatic rings. The second kappa shape index (κ2) is 8.56. The Labute approximate surface area is 199 Å². The Morgan fingerprint density at radius 3 is 2.49 bits per heavy atom. The fourth-order valence-electron chi connectivity index (χ4n) is 3.80. The number of carbonyl (C=O) groups excluding carboxylic acids is 2. The highest BCUT2D eigenvalue weighted by atomic mass is 35.5. The van der Waals surface area contributed by atoms with Crippen molar-refractivity contribution in [2.24, 2.45) is 0 Å². The van der Waals surface area contributed by atoms with Crippen molar-refractivity contribution >= 4 is 34.8 Å². The molecule has 0 aliphatic carbocycles. The van der Waals surface area contributed by atoms with Crippen LogP contribution in [0.1, 0.15) is 49.0 Å². The zero-order valence-electron chi connectivity index (χ0n) is 17.2. The van der Waals surface area contributed by atoms with Gasteiger partial charge < -0.3 is 16.4 Å². The smallest absolute Gasteiger partial charge is 0.398 e. The molecular weight excluding hydrogens is 495 g/mol. The lowest BCUT2D eigenvalue weighted by atomic mass is 9.92. The number of hydrogen-bond donors (Lipinski definition) is 3. The Hall–Kier alpha value is -4.17. The van der Waals surface area contributed by atoms with Gasteiger partial charge in [0.05, 0.1) is 28.4 Å². The van der Waals surface area contributed by atoms with Gasteiger partial charge in [-0.2, -0.15) is 18.4 Å². The fraction of sp³-hybridized carbons (Fsp3) is 0.0870. The number of benzene rings is 3. The molecule has 6 nitrogen and oxygen atoms in total. The molecule has 0 radical (unpaired) electrons. The molecule has 1 atom stereocenters. The second-order valence-electron chi connectivity index (χ2n) is 7.54. The Morgan fingerprint density at radius 1 is 1.11 bits per heavy atom. The minimum atomic E-state index is -4.91. The van der Waals surface area contributed by atoms with Gasteiger partial charge in [-0.1, -0.05) is 11.6 Å². The monoisotopic (exact) mass is 506 g/mol. The zero-order valence-corrected chi connectivity index (χ0v) is 18.0. The van der Waals surface area contributed by atoms with Crippen molar-refractivity contribution in [3.05, 3.63) is 92.5 Å². The first-order valence-corrected chi connectivity index (χ1v) is 10.1. The average Bonchev–Trinajstić information content (AvgIpc) is 3.11. The molecule has 3 aromatic rings. The number of halogens is 6. The maximum Gasteiger partial charge on any atom is 0.416 e. The lowest BCUT2D eigenvalue weighted by molar-refractivity contribution is -0.137. The van der Waals surface area contributed by atoms with E-state index < -0.39 is 46.8 Å². The third-order valence-corrected chi connectivity index (χ3v) is 5.65. The molecular formula is C23H12ClF5N4O2. The predicted octanol–water partition coefficient (Wildman–Crippen LogP) is 5.18. The lowest BCUT2D eigenvalue weighted by Gasteiger charge is -2.19. The third-order valence-electron chi connectivity index (χ3n) is 5.31. The molecule has 0 saturated carbocycles. The van der Waals surface area contributed by atoms with Gasteiger partial charge in [-0.25, -0.2) is 8.78 Å². The molecule has 1 unspecified atom stereocenters. The van der Waals surface area contributed by atoms with Crippen LogP contribution in [0.4, 0.5) is 33.3 Å². The molecule has 0 fully saturated rings. The molecule has 35 heavy (non-hydrogen) atoms. The molecule has 4 N–H and O–H groups in total. The highest BCUT2D eigenvalue weighted by molar-refractivity contribution is 6.31. The molecule has 4 rings (SSSR count). The molecule has 1 heterocycles. The predicted molar refractivity (Wildman–Crippen MR) is 116 cm³/mol. The van der Waals surface area contributed by atoms with E-state index in [4.69, 9.17) is 17.3 Å². The van der Waals surface area contributed by atoms with Crippen LogP contribution >= 0.6 is 11.6 Å². The summed E-state index contributed by atoms with van der Waals surface area (Å²) in [4.78, 5) is 25.6. The zero-order chi connectivity index (χ0) is 25.7. The van der Waals surface area contributed by atoms with E-state index >= 15 is 0 Å². The molecule has 0 aromatic heterocycles. The number of amides is 2. The van der Waals surface area contributed by atoms with E-state index in [1.54, 1.807) is 6.07 Å². The molecule has 0 saturated heterocycles. The number of nitrogen functional groups attached to an aromatic ring is 1. The molecule has 12 heteroatoms. The summed E-state index contributed by atoms with van der Waals surface area (Å²) in [6.45, 7) is 0. The Morgan fingerprint density at radius 2 is 1.83 bits per heavy atom. The van der Waals surface area contributed by atoms with Gasteiger partial charge in [0, 0.05) is 27.4 Å². The summed E-state index contributed by atoms with van der Waals surface area (Å²) < 4.78 is 67.0. The van der Waals surface area contributed by atoms with Gasteiger partial charge in [-0.05, 0) is 42.5 Å². The average molecular weight is 507 g/mol. The van der Waals surface area contributed by atoms with Gasteiger partial charge in [-0.3, -0.25) is 9.59 Å². The Kier molecular flexibility index (Phi) is 5.86. The van der Waals surface area contributed by atoms with Crippen molar-refractivity contribution in [1.29, 1.82) is 5.26 Å². The van der Waals surface area contributed by atoms with Crippen LogP contribution in [0.5, 0.6) is 0 Å². The van der Waals surface area contributed by atoms with Crippen LogP contribution in [0.25, 0.3) is 0 Å². The summed E-state index contributed by atoms with van der Waals surface area (Å²) in [5, 5.41) is 14.4. The minimum Gasteiger partial charge on any atom is -0.398 e. The third kappa shape index (κ3) is 4.36. The van der Waals surface area contributed by atoms with Crippen molar-refractivity contribution in [1.82, 2.24) is 5.32 Å². The normalized spacial score (nSPS) is 14.8. The summed E-state index contributed by atoms with van der Waals surface area (Å²) in [6.07, 6.45) is -4.91. The maximum atomic E-state index is 13.9. The van der Waals surface area contributed by atoms with Gasteiger partial charge >= 0.3 is 6.18 Å². The van der Waals surface area contributed by atoms with E-state index in [0.29, 0.717) is 12.1 Å². The number of rotatable bonds is 3. The summed E-state index contributed by atoms with van der Waals surface area (Å²) in [5.74, 6) is -3.90. The molecule has 0 bridgehead atoms. The summed E-state index contributed by atoms with van der Waals surface area (Å²) in [5.41, 5.74) is 3.10. The van der Waals surface area contributed by atoms with Crippen LogP contribution in [-0.4, -0.2) is 11.8 Å². The van der Waals surface area contributed by atoms with Gasteiger partial charge in [0.1, 0.15) is 17.7 Å². The molecule has 0 spiro atoms. The lowest BCUT2D eigenvalue weighted by Crippen LogP contribution is -2.21. The van der Waals surface area contributed by atoms with E-state index in [2.05, 4.69) is 10.6 Å². The van der Waals surface area contributed by atoms with Crippen LogP contribution in [0.2, 0.25) is 5.02 Å². The summed E-state index contributed by atoms with van der Waals surface area (Å²) >= 11 is 6.18. The Bertz CT molecular complexity index is 1450. The number of nitriles is 1. The number of nitrogens with two attached hydrogens (primary N) is 1. The van der Waals surface area contributed by atoms with Gasteiger partial charge in [0.2, 0.25) is 0 Å². The number of nitrogens with one attached hydrogen (secondary N) is 2. The van der Waals surface area contributed by atoms with E-state index in [1.807, 2.05) is 0 Å². The van der Waals surface area contributed by atoms with Crippen molar-refractivity contribution < 1.29 is 31.5 Å². The van der Waals surface area contributed by atoms with Crippen molar-refractivity contribution in [2.45, 2.75) is 12.2 Å². The number of fused-ring (bicyclic) bond motifs is 1. The van der Waals surface area contributed by atoms with Gasteiger partial charge in [0.15, 0.2) is 0 Å². The topological polar surface area (TPSA) is 108 Å². The highest BCUT2D eigenvalue weighted by Gasteiger charge is 2.38. The van der Waals surface area contributed by atoms with Gasteiger partial charge in [-0.15, -0.1) is 0 Å². The van der Waals surface area contributed by atoms with E-state index in [9.17, 15) is 36.8 Å². The van der Waals surface area contributed by atoms with Crippen LogP contribution in [-0.2, 0) is 6.18 Å². The van der Waals surface area contributed by atoms with Crippen molar-refractivity contribution in [3.8, 4) is 6.07 Å². The standard InChI is InChI=1S/C23H12ClF5N4O2/c24-15-2-1-11(25)6-13(15)20-19-17(7-16(31)14(8-30)18(19)22(35)33-20)32-21(34)9-3-10(23(27,28)29)5-12(26)4-9/h1-7,20H,31H2,(H,32,34)(H,33,35). The number of hydrogen-bond acceptors (Lipinski definition) is 4. The minimum absolute atomic E-state index is 0.00551. The Balaban J connectivity index is 1.86. The summed E-state index contributed by atoms with van der Waals surface area (Å²) in [7, 11) is 0. The SMILES string of the molecule is N#Cc1c(N)cc(NC(=O)c2cc(F)cc(C(F)(F)F)c2)c2c1C(=O)NC2c1cc(F)ccc1Cl. The largest absolute Gasteiger partial charge is 0.416 e. The van der Waals surface area contributed by atoms with E-state index in [0.717, 1.165) is 18.2 Å². The first kappa shape index (κ1) is 24.0. The number of nitrogens with zero attached hydrogens (tertiary/aromatic N) is 1. The molecule has 2 amide bonds. The quantitative estimate of drug-likeness (QED) is 0.336. The van der Waals surface area contributed by atoms with Crippen LogP contribution in [0.15, 0.2) is 42.5 Å². The fourth-order valence-corrected chi connectivity index (χ4v) is 4.03. The second-order valence-corrected chi connectivity index (χ2v) is 7.95.